The van der Waals surface area contributed by atoms with E-state index in [2.05, 4.69) is 15.5 Å². The Hall–Kier alpha value is -3.26. The number of carbonyl (C=O) groups is 2. The monoisotopic (exact) mass is 494 g/mol. The highest BCUT2D eigenvalue weighted by Crippen LogP contribution is 2.23. The molecule has 0 radical (unpaired) electrons. The number of piperazine rings is 1. The number of benzene rings is 3. The SMILES string of the molecule is O=C(CN1CCN(CC(=O)NC(c2ccccc2)c2ccc(Cl)cc2)CC1)Nc1cccc(F)c1. The first-order chi connectivity index (χ1) is 17.0. The Labute approximate surface area is 209 Å². The molecule has 182 valence electrons. The summed E-state index contributed by atoms with van der Waals surface area (Å²) in [6, 6.07) is 22.9. The minimum Gasteiger partial charge on any atom is -0.344 e. The van der Waals surface area contributed by atoms with E-state index in [1.54, 1.807) is 12.1 Å². The zero-order valence-electron chi connectivity index (χ0n) is 19.3. The van der Waals surface area contributed by atoms with Gasteiger partial charge in [0.05, 0.1) is 19.1 Å². The number of halogens is 2. The number of anilines is 1. The topological polar surface area (TPSA) is 64.7 Å². The van der Waals surface area contributed by atoms with E-state index in [9.17, 15) is 14.0 Å². The first-order valence-corrected chi connectivity index (χ1v) is 11.9. The van der Waals surface area contributed by atoms with Crippen molar-refractivity contribution in [3.05, 3.63) is 101 Å². The van der Waals surface area contributed by atoms with Gasteiger partial charge < -0.3 is 10.6 Å². The zero-order valence-corrected chi connectivity index (χ0v) is 20.0. The second kappa shape index (κ2) is 11.9. The quantitative estimate of drug-likeness (QED) is 0.498. The molecule has 1 atom stereocenters. The fourth-order valence-electron chi connectivity index (χ4n) is 4.14. The molecule has 0 aromatic heterocycles. The van der Waals surface area contributed by atoms with Crippen LogP contribution in [-0.2, 0) is 9.59 Å². The highest BCUT2D eigenvalue weighted by Gasteiger charge is 2.23. The van der Waals surface area contributed by atoms with E-state index in [1.807, 2.05) is 59.5 Å². The van der Waals surface area contributed by atoms with E-state index in [1.165, 1.54) is 12.1 Å². The highest BCUT2D eigenvalue weighted by molar-refractivity contribution is 6.30. The molecule has 6 nitrogen and oxygen atoms in total. The van der Waals surface area contributed by atoms with Gasteiger partial charge >= 0.3 is 0 Å². The maximum absolute atomic E-state index is 13.3. The fourth-order valence-corrected chi connectivity index (χ4v) is 4.27. The maximum atomic E-state index is 13.3. The van der Waals surface area contributed by atoms with E-state index in [4.69, 9.17) is 11.6 Å². The van der Waals surface area contributed by atoms with Gasteiger partial charge in [0, 0.05) is 36.9 Å². The second-order valence-electron chi connectivity index (χ2n) is 8.57. The van der Waals surface area contributed by atoms with Crippen LogP contribution in [-0.4, -0.2) is 60.9 Å². The van der Waals surface area contributed by atoms with E-state index in [-0.39, 0.29) is 36.8 Å². The summed E-state index contributed by atoms with van der Waals surface area (Å²) in [5.41, 5.74) is 2.40. The highest BCUT2D eigenvalue weighted by atomic mass is 35.5. The molecule has 1 saturated heterocycles. The number of nitrogens with zero attached hydrogens (tertiary/aromatic N) is 2. The van der Waals surface area contributed by atoms with E-state index in [0.717, 1.165) is 11.1 Å². The molecule has 0 aliphatic carbocycles. The average molecular weight is 495 g/mol. The van der Waals surface area contributed by atoms with Gasteiger partial charge in [-0.05, 0) is 41.5 Å². The number of rotatable bonds is 8. The summed E-state index contributed by atoms with van der Waals surface area (Å²) >= 11 is 6.05. The lowest BCUT2D eigenvalue weighted by Crippen LogP contribution is -2.51. The van der Waals surface area contributed by atoms with Crippen LogP contribution in [0.2, 0.25) is 5.02 Å². The number of hydrogen-bond donors (Lipinski definition) is 2. The van der Waals surface area contributed by atoms with Crippen molar-refractivity contribution in [2.75, 3.05) is 44.6 Å². The summed E-state index contributed by atoms with van der Waals surface area (Å²) in [4.78, 5) is 29.4. The normalized spacial score (nSPS) is 15.4. The molecule has 1 heterocycles. The lowest BCUT2D eigenvalue weighted by Gasteiger charge is -2.34. The van der Waals surface area contributed by atoms with Crippen LogP contribution in [0.5, 0.6) is 0 Å². The Morgan fingerprint density at radius 2 is 1.40 bits per heavy atom. The number of hydrogen-bond acceptors (Lipinski definition) is 4. The van der Waals surface area contributed by atoms with Crippen LogP contribution in [0, 0.1) is 5.82 Å². The zero-order chi connectivity index (χ0) is 24.6. The third-order valence-electron chi connectivity index (χ3n) is 5.95. The molecule has 1 unspecified atom stereocenters. The van der Waals surface area contributed by atoms with E-state index >= 15 is 0 Å². The lowest BCUT2D eigenvalue weighted by atomic mass is 9.98. The Kier molecular flexibility index (Phi) is 8.47. The van der Waals surface area contributed by atoms with Crippen LogP contribution in [0.4, 0.5) is 10.1 Å². The summed E-state index contributed by atoms with van der Waals surface area (Å²) in [6.07, 6.45) is 0. The van der Waals surface area contributed by atoms with Crippen LogP contribution in [0.3, 0.4) is 0 Å². The molecular weight excluding hydrogens is 467 g/mol. The molecule has 3 aromatic rings. The number of amides is 2. The molecule has 3 aromatic carbocycles. The van der Waals surface area contributed by atoms with Gasteiger partial charge in [0.25, 0.3) is 0 Å². The van der Waals surface area contributed by atoms with Crippen molar-refractivity contribution >= 4 is 29.1 Å². The van der Waals surface area contributed by atoms with Crippen molar-refractivity contribution in [3.63, 3.8) is 0 Å². The van der Waals surface area contributed by atoms with Crippen molar-refractivity contribution in [1.29, 1.82) is 0 Å². The Morgan fingerprint density at radius 1 is 0.800 bits per heavy atom. The van der Waals surface area contributed by atoms with E-state index in [0.29, 0.717) is 36.9 Å². The Balaban J connectivity index is 1.27. The summed E-state index contributed by atoms with van der Waals surface area (Å²) in [5, 5.41) is 6.53. The number of nitrogens with one attached hydrogen (secondary N) is 2. The third kappa shape index (κ3) is 7.36. The van der Waals surface area contributed by atoms with Crippen molar-refractivity contribution < 1.29 is 14.0 Å². The van der Waals surface area contributed by atoms with E-state index < -0.39 is 0 Å². The minimum atomic E-state index is -0.389. The van der Waals surface area contributed by atoms with Gasteiger partial charge in [-0.3, -0.25) is 19.4 Å². The van der Waals surface area contributed by atoms with Gasteiger partial charge in [-0.1, -0.05) is 60.1 Å². The summed E-state index contributed by atoms with van der Waals surface area (Å²) in [5.74, 6) is -0.637. The molecule has 8 heteroatoms. The first-order valence-electron chi connectivity index (χ1n) is 11.6. The van der Waals surface area contributed by atoms with Gasteiger partial charge in [-0.2, -0.15) is 0 Å². The van der Waals surface area contributed by atoms with Gasteiger partial charge in [-0.25, -0.2) is 4.39 Å². The van der Waals surface area contributed by atoms with Crippen molar-refractivity contribution in [3.8, 4) is 0 Å². The number of carbonyl (C=O) groups excluding carboxylic acids is 2. The molecule has 2 amide bonds. The van der Waals surface area contributed by atoms with Crippen LogP contribution in [0.25, 0.3) is 0 Å². The van der Waals surface area contributed by atoms with Gasteiger partial charge in [0.15, 0.2) is 0 Å². The summed E-state index contributed by atoms with van der Waals surface area (Å²) < 4.78 is 13.3. The lowest BCUT2D eigenvalue weighted by molar-refractivity contribution is -0.124. The maximum Gasteiger partial charge on any atom is 0.238 e. The predicted molar refractivity (Wildman–Crippen MR) is 136 cm³/mol. The largest absolute Gasteiger partial charge is 0.344 e. The molecule has 0 saturated carbocycles. The van der Waals surface area contributed by atoms with Gasteiger partial charge in [-0.15, -0.1) is 0 Å². The smallest absolute Gasteiger partial charge is 0.238 e. The molecule has 0 spiro atoms. The molecule has 2 N–H and O–H groups in total. The second-order valence-corrected chi connectivity index (χ2v) is 9.01. The fraction of sp³-hybridized carbons (Fsp3) is 0.259. The minimum absolute atomic E-state index is 0.0638. The van der Waals surface area contributed by atoms with Crippen molar-refractivity contribution in [1.82, 2.24) is 15.1 Å². The average Bonchev–Trinajstić information content (AvgIpc) is 2.85. The van der Waals surface area contributed by atoms with Gasteiger partial charge in [0.1, 0.15) is 5.82 Å². The van der Waals surface area contributed by atoms with Crippen molar-refractivity contribution in [2.24, 2.45) is 0 Å². The van der Waals surface area contributed by atoms with Crippen LogP contribution in [0.15, 0.2) is 78.9 Å². The molecule has 1 aliphatic heterocycles. The Morgan fingerprint density at radius 3 is 2.03 bits per heavy atom. The molecule has 1 fully saturated rings. The van der Waals surface area contributed by atoms with Gasteiger partial charge in [0.2, 0.25) is 11.8 Å². The standard InChI is InChI=1S/C27H28ClFN4O2/c28-22-11-9-21(10-12-22)27(20-5-2-1-3-6-20)31-26(35)19-33-15-13-32(14-16-33)18-25(34)30-24-8-4-7-23(29)17-24/h1-12,17,27H,13-16,18-19H2,(H,30,34)(H,31,35). The van der Waals surface area contributed by atoms with Crippen LogP contribution in [0.1, 0.15) is 17.2 Å². The molecular formula is C27H28ClFN4O2. The molecule has 35 heavy (non-hydrogen) atoms. The summed E-state index contributed by atoms with van der Waals surface area (Å²) in [6.45, 7) is 3.20. The third-order valence-corrected chi connectivity index (χ3v) is 6.20. The predicted octanol–water partition coefficient (Wildman–Crippen LogP) is 3.94. The Bertz CT molecular complexity index is 1140. The summed E-state index contributed by atoms with van der Waals surface area (Å²) in [7, 11) is 0. The molecule has 1 aliphatic rings. The van der Waals surface area contributed by atoms with Crippen LogP contribution >= 0.6 is 11.6 Å². The molecule has 4 rings (SSSR count). The first kappa shape index (κ1) is 24.9. The van der Waals surface area contributed by atoms with Crippen molar-refractivity contribution in [2.45, 2.75) is 6.04 Å². The van der Waals surface area contributed by atoms with Crippen LogP contribution < -0.4 is 10.6 Å². The molecule has 0 bridgehead atoms.